The number of benzene rings is 1. The zero-order valence-electron chi connectivity index (χ0n) is 12.2. The van der Waals surface area contributed by atoms with Gasteiger partial charge in [-0.15, -0.1) is 0 Å². The van der Waals surface area contributed by atoms with Crippen molar-refractivity contribution in [2.45, 2.75) is 6.92 Å². The van der Waals surface area contributed by atoms with Crippen molar-refractivity contribution in [3.05, 3.63) is 59.2 Å². The van der Waals surface area contributed by atoms with Crippen molar-refractivity contribution in [2.75, 3.05) is 7.11 Å². The molecule has 22 heavy (non-hydrogen) atoms. The second-order valence-corrected chi connectivity index (χ2v) is 5.23. The highest BCUT2D eigenvalue weighted by Gasteiger charge is 2.08. The number of aromatic nitrogens is 3. The first-order valence-electron chi connectivity index (χ1n) is 6.79. The van der Waals surface area contributed by atoms with Gasteiger partial charge in [-0.05, 0) is 31.2 Å². The monoisotopic (exact) mass is 311 g/mol. The van der Waals surface area contributed by atoms with E-state index in [0.29, 0.717) is 22.4 Å². The highest BCUT2D eigenvalue weighted by molar-refractivity contribution is 6.30. The minimum Gasteiger partial charge on any atom is -0.481 e. The number of hydrogen-bond acceptors (Lipinski definition) is 4. The molecule has 0 radical (unpaired) electrons. The Kier molecular flexibility index (Phi) is 4.02. The van der Waals surface area contributed by atoms with Crippen LogP contribution in [0.15, 0.2) is 48.5 Å². The standard InChI is InChI=1S/C17H14ClN3O/c1-11-9-16(22-2)21-17(19-11)15-8-4-7-14(20-15)12-5-3-6-13(18)10-12/h3-10H,1-2H3. The minimum atomic E-state index is 0.525. The van der Waals surface area contributed by atoms with Crippen LogP contribution in [0.2, 0.25) is 5.02 Å². The Labute approximate surface area is 133 Å². The number of pyridine rings is 1. The number of rotatable bonds is 3. The van der Waals surface area contributed by atoms with Gasteiger partial charge in [-0.2, -0.15) is 4.98 Å². The summed E-state index contributed by atoms with van der Waals surface area (Å²) in [6, 6.07) is 15.1. The quantitative estimate of drug-likeness (QED) is 0.728. The summed E-state index contributed by atoms with van der Waals surface area (Å²) in [7, 11) is 1.58. The van der Waals surface area contributed by atoms with Crippen LogP contribution in [0.4, 0.5) is 0 Å². The fraction of sp³-hybridized carbons (Fsp3) is 0.118. The van der Waals surface area contributed by atoms with Gasteiger partial charge in [-0.25, -0.2) is 9.97 Å². The van der Waals surface area contributed by atoms with Gasteiger partial charge in [-0.3, -0.25) is 0 Å². The van der Waals surface area contributed by atoms with Gasteiger partial charge >= 0.3 is 0 Å². The molecule has 0 amide bonds. The van der Waals surface area contributed by atoms with Gasteiger partial charge in [0.2, 0.25) is 5.88 Å². The molecule has 2 aromatic heterocycles. The molecule has 5 heteroatoms. The van der Waals surface area contributed by atoms with Crippen LogP contribution in [-0.2, 0) is 0 Å². The van der Waals surface area contributed by atoms with Gasteiger partial charge < -0.3 is 4.74 Å². The van der Waals surface area contributed by atoms with Gasteiger partial charge in [0.15, 0.2) is 5.82 Å². The van der Waals surface area contributed by atoms with Gasteiger partial charge in [0.05, 0.1) is 12.8 Å². The predicted octanol–water partition coefficient (Wildman–Crippen LogP) is 4.18. The molecule has 0 unspecified atom stereocenters. The van der Waals surface area contributed by atoms with Gasteiger partial charge in [-0.1, -0.05) is 29.8 Å². The van der Waals surface area contributed by atoms with Gasteiger partial charge in [0.1, 0.15) is 5.69 Å². The molecule has 0 saturated heterocycles. The Bertz CT molecular complexity index is 821. The summed E-state index contributed by atoms with van der Waals surface area (Å²) in [5.41, 5.74) is 3.30. The lowest BCUT2D eigenvalue weighted by Gasteiger charge is -2.07. The maximum Gasteiger partial charge on any atom is 0.216 e. The number of aryl methyl sites for hydroxylation is 1. The molecule has 4 nitrogen and oxygen atoms in total. The van der Waals surface area contributed by atoms with Crippen LogP contribution in [0, 0.1) is 6.92 Å². The molecule has 1 aromatic carbocycles. The van der Waals surface area contributed by atoms with Crippen molar-refractivity contribution in [1.82, 2.24) is 15.0 Å². The van der Waals surface area contributed by atoms with Crippen molar-refractivity contribution in [3.63, 3.8) is 0 Å². The minimum absolute atomic E-state index is 0.525. The molecular formula is C17H14ClN3O. The summed E-state index contributed by atoms with van der Waals surface area (Å²) in [5.74, 6) is 1.07. The second-order valence-electron chi connectivity index (χ2n) is 4.79. The van der Waals surface area contributed by atoms with E-state index in [4.69, 9.17) is 16.3 Å². The van der Waals surface area contributed by atoms with Crippen LogP contribution in [0.3, 0.4) is 0 Å². The number of ether oxygens (including phenoxy) is 1. The van der Waals surface area contributed by atoms with Gasteiger partial charge in [0, 0.05) is 22.3 Å². The van der Waals surface area contributed by atoms with E-state index >= 15 is 0 Å². The first kappa shape index (κ1) is 14.5. The van der Waals surface area contributed by atoms with Crippen molar-refractivity contribution in [1.29, 1.82) is 0 Å². The highest BCUT2D eigenvalue weighted by Crippen LogP contribution is 2.24. The summed E-state index contributed by atoms with van der Waals surface area (Å²) >= 11 is 6.04. The molecule has 0 aliphatic carbocycles. The third kappa shape index (κ3) is 3.07. The molecule has 0 aliphatic heterocycles. The second kappa shape index (κ2) is 6.12. The lowest BCUT2D eigenvalue weighted by atomic mass is 10.1. The first-order chi connectivity index (χ1) is 10.7. The van der Waals surface area contributed by atoms with Crippen molar-refractivity contribution in [2.24, 2.45) is 0 Å². The third-order valence-corrected chi connectivity index (χ3v) is 3.37. The zero-order valence-corrected chi connectivity index (χ0v) is 13.0. The number of nitrogens with zero attached hydrogens (tertiary/aromatic N) is 3. The van der Waals surface area contributed by atoms with E-state index in [2.05, 4.69) is 15.0 Å². The van der Waals surface area contributed by atoms with E-state index in [1.807, 2.05) is 49.4 Å². The molecule has 0 atom stereocenters. The van der Waals surface area contributed by atoms with Crippen LogP contribution in [0.1, 0.15) is 5.69 Å². The Morgan fingerprint density at radius 2 is 1.68 bits per heavy atom. The molecule has 0 bridgehead atoms. The number of halogens is 1. The van der Waals surface area contributed by atoms with E-state index in [0.717, 1.165) is 17.0 Å². The molecule has 0 N–H and O–H groups in total. The normalized spacial score (nSPS) is 10.5. The molecule has 0 saturated carbocycles. The molecule has 3 aromatic rings. The van der Waals surface area contributed by atoms with Gasteiger partial charge in [0.25, 0.3) is 0 Å². The zero-order chi connectivity index (χ0) is 15.5. The maximum atomic E-state index is 6.04. The van der Waals surface area contributed by atoms with Crippen LogP contribution in [0.5, 0.6) is 5.88 Å². The van der Waals surface area contributed by atoms with Crippen LogP contribution >= 0.6 is 11.6 Å². The summed E-state index contributed by atoms with van der Waals surface area (Å²) < 4.78 is 5.19. The summed E-state index contributed by atoms with van der Waals surface area (Å²) in [5, 5.41) is 0.679. The smallest absolute Gasteiger partial charge is 0.216 e. The summed E-state index contributed by atoms with van der Waals surface area (Å²) in [6.07, 6.45) is 0. The van der Waals surface area contributed by atoms with Crippen molar-refractivity contribution < 1.29 is 4.74 Å². The van der Waals surface area contributed by atoms with Crippen LogP contribution < -0.4 is 4.74 Å². The molecular weight excluding hydrogens is 298 g/mol. The number of methoxy groups -OCH3 is 1. The van der Waals surface area contributed by atoms with E-state index in [1.165, 1.54) is 0 Å². The van der Waals surface area contributed by atoms with E-state index in [-0.39, 0.29) is 0 Å². The third-order valence-electron chi connectivity index (χ3n) is 3.14. The Hall–Kier alpha value is -2.46. The lowest BCUT2D eigenvalue weighted by Crippen LogP contribution is -1.98. The average Bonchev–Trinajstić information content (AvgIpc) is 2.54. The Morgan fingerprint density at radius 1 is 0.909 bits per heavy atom. The summed E-state index contributed by atoms with van der Waals surface area (Å²) in [4.78, 5) is 13.4. The highest BCUT2D eigenvalue weighted by atomic mass is 35.5. The SMILES string of the molecule is COc1cc(C)nc(-c2cccc(-c3cccc(Cl)c3)n2)n1. The maximum absolute atomic E-state index is 6.04. The van der Waals surface area contributed by atoms with E-state index in [1.54, 1.807) is 13.2 Å². The predicted molar refractivity (Wildman–Crippen MR) is 87.0 cm³/mol. The molecule has 2 heterocycles. The average molecular weight is 312 g/mol. The molecule has 0 spiro atoms. The molecule has 0 aliphatic rings. The topological polar surface area (TPSA) is 47.9 Å². The van der Waals surface area contributed by atoms with Crippen molar-refractivity contribution >= 4 is 11.6 Å². The van der Waals surface area contributed by atoms with Crippen LogP contribution in [-0.4, -0.2) is 22.1 Å². The van der Waals surface area contributed by atoms with Crippen LogP contribution in [0.25, 0.3) is 22.8 Å². The van der Waals surface area contributed by atoms with Crippen molar-refractivity contribution in [3.8, 4) is 28.7 Å². The first-order valence-corrected chi connectivity index (χ1v) is 7.16. The number of hydrogen-bond donors (Lipinski definition) is 0. The Balaban J connectivity index is 2.06. The fourth-order valence-corrected chi connectivity index (χ4v) is 2.32. The Morgan fingerprint density at radius 3 is 2.45 bits per heavy atom. The lowest BCUT2D eigenvalue weighted by molar-refractivity contribution is 0.397. The molecule has 0 fully saturated rings. The largest absolute Gasteiger partial charge is 0.481 e. The molecule has 110 valence electrons. The molecule has 3 rings (SSSR count). The van der Waals surface area contributed by atoms with E-state index < -0.39 is 0 Å². The fourth-order valence-electron chi connectivity index (χ4n) is 2.13. The summed E-state index contributed by atoms with van der Waals surface area (Å²) in [6.45, 7) is 1.90. The van der Waals surface area contributed by atoms with E-state index in [9.17, 15) is 0 Å².